The van der Waals surface area contributed by atoms with Gasteiger partial charge < -0.3 is 20.5 Å². The summed E-state index contributed by atoms with van der Waals surface area (Å²) in [4.78, 5) is 35.4. The van der Waals surface area contributed by atoms with Crippen molar-refractivity contribution in [2.45, 2.75) is 38.6 Å². The molecule has 7 nitrogen and oxygen atoms in total. The summed E-state index contributed by atoms with van der Waals surface area (Å²) in [6.07, 6.45) is -6.35. The molecule has 2 unspecified atom stereocenters. The maximum absolute atomic E-state index is 14.1. The molecule has 0 saturated carbocycles. The smallest absolute Gasteiger partial charge is 0.408 e. The van der Waals surface area contributed by atoms with Gasteiger partial charge in [-0.15, -0.1) is 0 Å². The molecule has 3 N–H and O–H groups in total. The molecule has 0 heterocycles. The lowest BCUT2D eigenvalue weighted by Crippen LogP contribution is -2.52. The Morgan fingerprint density at radius 3 is 2.33 bits per heavy atom. The summed E-state index contributed by atoms with van der Waals surface area (Å²) >= 11 is 0. The van der Waals surface area contributed by atoms with E-state index in [2.05, 4.69) is 0 Å². The summed E-state index contributed by atoms with van der Waals surface area (Å²) in [5.41, 5.74) is 0.490. The zero-order chi connectivity index (χ0) is 24.6. The summed E-state index contributed by atoms with van der Waals surface area (Å²) in [5.74, 6) is -5.67. The Morgan fingerprint density at radius 1 is 1.06 bits per heavy atom. The van der Waals surface area contributed by atoms with Crippen molar-refractivity contribution in [1.82, 2.24) is 5.32 Å². The van der Waals surface area contributed by atoms with Crippen LogP contribution in [0.4, 0.5) is 28.0 Å². The van der Waals surface area contributed by atoms with Crippen molar-refractivity contribution >= 4 is 23.7 Å². The summed E-state index contributed by atoms with van der Waals surface area (Å²) < 4.78 is 59.0. The number of amides is 2. The van der Waals surface area contributed by atoms with E-state index in [1.54, 1.807) is 30.3 Å². The van der Waals surface area contributed by atoms with E-state index in [9.17, 15) is 31.9 Å². The zero-order valence-corrected chi connectivity index (χ0v) is 17.5. The molecule has 0 aliphatic heterocycles. The van der Waals surface area contributed by atoms with Crippen LogP contribution in [0.15, 0.2) is 48.5 Å². The molecule has 0 radical (unpaired) electrons. The number of alkyl carbamates (subject to hydrolysis) is 1. The lowest BCUT2D eigenvalue weighted by Gasteiger charge is -2.26. The van der Waals surface area contributed by atoms with Crippen LogP contribution >= 0.6 is 0 Å². The Bertz CT molecular complexity index is 982. The Hall–Kier alpha value is -3.63. The van der Waals surface area contributed by atoms with Crippen LogP contribution in [0.25, 0.3) is 0 Å². The number of hydrogen-bond donors (Lipinski definition) is 3. The maximum atomic E-state index is 14.1. The molecular weight excluding hydrogens is 448 g/mol. The van der Waals surface area contributed by atoms with Crippen LogP contribution in [0.2, 0.25) is 0 Å². The molecule has 0 aromatic heterocycles. The first-order valence-corrected chi connectivity index (χ1v) is 9.82. The molecule has 2 atom stereocenters. The number of nitrogens with one attached hydrogen (secondary N) is 2. The molecule has 0 aliphatic carbocycles. The second-order valence-corrected chi connectivity index (χ2v) is 7.21. The quantitative estimate of drug-likeness (QED) is 0.475. The van der Waals surface area contributed by atoms with E-state index >= 15 is 0 Å². The van der Waals surface area contributed by atoms with Crippen molar-refractivity contribution in [3.05, 3.63) is 65.5 Å². The molecule has 2 amide bonds. The molecule has 0 aliphatic rings. The second-order valence-electron chi connectivity index (χ2n) is 7.21. The molecule has 2 rings (SSSR count). The van der Waals surface area contributed by atoms with Crippen LogP contribution in [0.5, 0.6) is 0 Å². The predicted molar refractivity (Wildman–Crippen MR) is 110 cm³/mol. The Balaban J connectivity index is 2.14. The van der Waals surface area contributed by atoms with Crippen molar-refractivity contribution in [2.24, 2.45) is 5.92 Å². The van der Waals surface area contributed by atoms with Crippen molar-refractivity contribution in [2.75, 3.05) is 5.32 Å². The van der Waals surface area contributed by atoms with Gasteiger partial charge in [0.2, 0.25) is 5.91 Å². The fourth-order valence-corrected chi connectivity index (χ4v) is 2.78. The van der Waals surface area contributed by atoms with E-state index in [0.717, 1.165) is 12.1 Å². The second kappa shape index (κ2) is 11.3. The third kappa shape index (κ3) is 8.09. The number of carboxylic acid groups (broad SMARTS) is 1. The van der Waals surface area contributed by atoms with E-state index in [1.165, 1.54) is 6.07 Å². The number of rotatable bonds is 9. The fourth-order valence-electron chi connectivity index (χ4n) is 2.78. The first-order valence-electron chi connectivity index (χ1n) is 9.82. The Morgan fingerprint density at radius 2 is 1.73 bits per heavy atom. The van der Waals surface area contributed by atoms with Gasteiger partial charge in [-0.2, -0.15) is 13.2 Å². The van der Waals surface area contributed by atoms with E-state index in [1.807, 2.05) is 10.6 Å². The van der Waals surface area contributed by atoms with E-state index in [0.29, 0.717) is 18.1 Å². The van der Waals surface area contributed by atoms with Crippen LogP contribution in [0.3, 0.4) is 0 Å². The highest BCUT2D eigenvalue weighted by Crippen LogP contribution is 2.29. The number of carboxylic acids is 1. The summed E-state index contributed by atoms with van der Waals surface area (Å²) in [6.45, 7) is 0.461. The number of hydrogen-bond acceptors (Lipinski definition) is 4. The van der Waals surface area contributed by atoms with Gasteiger partial charge in [0.15, 0.2) is 0 Å². The third-order valence-corrected chi connectivity index (χ3v) is 4.70. The third-order valence-electron chi connectivity index (χ3n) is 4.70. The number of anilines is 1. The highest BCUT2D eigenvalue weighted by atomic mass is 19.4. The topological polar surface area (TPSA) is 105 Å². The average molecular weight is 470 g/mol. The van der Waals surface area contributed by atoms with E-state index in [4.69, 9.17) is 9.84 Å². The van der Waals surface area contributed by atoms with Gasteiger partial charge in [0.05, 0.1) is 11.6 Å². The number of aliphatic carboxylic acids is 1. The van der Waals surface area contributed by atoms with Gasteiger partial charge in [0.1, 0.15) is 18.5 Å². The lowest BCUT2D eigenvalue weighted by atomic mass is 10.0. The molecule has 2 aromatic rings. The van der Waals surface area contributed by atoms with Crippen LogP contribution in [-0.2, 0) is 27.4 Å². The molecule has 33 heavy (non-hydrogen) atoms. The van der Waals surface area contributed by atoms with E-state index in [-0.39, 0.29) is 19.4 Å². The summed E-state index contributed by atoms with van der Waals surface area (Å²) in [7, 11) is 0. The van der Waals surface area contributed by atoms with Crippen molar-refractivity contribution in [3.8, 4) is 0 Å². The highest BCUT2D eigenvalue weighted by molar-refractivity contribution is 5.97. The predicted octanol–water partition coefficient (Wildman–Crippen LogP) is 4.27. The Kier molecular flexibility index (Phi) is 8.78. The number of benzene rings is 2. The molecule has 11 heteroatoms. The van der Waals surface area contributed by atoms with Gasteiger partial charge in [-0.1, -0.05) is 43.3 Å². The van der Waals surface area contributed by atoms with Gasteiger partial charge >= 0.3 is 18.2 Å². The molecule has 0 saturated heterocycles. The Labute approximate surface area is 186 Å². The monoisotopic (exact) mass is 470 g/mol. The number of carbonyl (C=O) groups is 3. The summed E-state index contributed by atoms with van der Waals surface area (Å²) in [6, 6.07) is 9.61. The van der Waals surface area contributed by atoms with Gasteiger partial charge in [-0.25, -0.2) is 9.18 Å². The fraction of sp³-hybridized carbons (Fsp3) is 0.318. The normalized spacial score (nSPS) is 13.0. The minimum atomic E-state index is -4.85. The maximum Gasteiger partial charge on any atom is 0.408 e. The minimum absolute atomic E-state index is 0.0188. The van der Waals surface area contributed by atoms with Gasteiger partial charge in [-0.05, 0) is 29.7 Å². The van der Waals surface area contributed by atoms with Crippen molar-refractivity contribution in [3.63, 3.8) is 0 Å². The van der Waals surface area contributed by atoms with Gasteiger partial charge in [-0.3, -0.25) is 9.59 Å². The molecule has 0 fully saturated rings. The van der Waals surface area contributed by atoms with Crippen LogP contribution in [0, 0.1) is 11.7 Å². The first kappa shape index (κ1) is 25.6. The molecule has 0 bridgehead atoms. The SMILES string of the molecule is CC(C(NC(=O)OCc1ccccc1)C(=O)Nc1cc(CCC(=O)O)ccc1F)C(F)(F)F. The van der Waals surface area contributed by atoms with Gasteiger partial charge in [0, 0.05) is 6.42 Å². The lowest BCUT2D eigenvalue weighted by molar-refractivity contribution is -0.178. The molecule has 2 aromatic carbocycles. The van der Waals surface area contributed by atoms with Gasteiger partial charge in [0.25, 0.3) is 0 Å². The standard InChI is InChI=1S/C22H22F4N2O5/c1-13(22(24,25)26)19(28-21(32)33-12-15-5-3-2-4-6-15)20(31)27-17-11-14(7-9-16(17)23)8-10-18(29)30/h2-7,9,11,13,19H,8,10,12H2,1H3,(H,27,31)(H,28,32)(H,29,30). The largest absolute Gasteiger partial charge is 0.481 e. The minimum Gasteiger partial charge on any atom is -0.481 e. The molecule has 178 valence electrons. The van der Waals surface area contributed by atoms with Crippen molar-refractivity contribution < 1.29 is 41.8 Å². The highest BCUT2D eigenvalue weighted by Gasteiger charge is 2.45. The van der Waals surface area contributed by atoms with E-state index < -0.39 is 47.6 Å². The molecular formula is C22H22F4N2O5. The molecule has 0 spiro atoms. The number of carbonyl (C=O) groups excluding carboxylic acids is 2. The van der Waals surface area contributed by atoms with Crippen LogP contribution in [-0.4, -0.2) is 35.3 Å². The number of halogens is 4. The average Bonchev–Trinajstić information content (AvgIpc) is 2.76. The van der Waals surface area contributed by atoms with Crippen molar-refractivity contribution in [1.29, 1.82) is 0 Å². The number of ether oxygens (including phenoxy) is 1. The first-order chi connectivity index (χ1) is 15.5. The summed E-state index contributed by atoms with van der Waals surface area (Å²) in [5, 5.41) is 12.7. The number of aryl methyl sites for hydroxylation is 1. The zero-order valence-electron chi connectivity index (χ0n) is 17.5. The number of alkyl halides is 3. The van der Waals surface area contributed by atoms with Crippen LogP contribution < -0.4 is 10.6 Å². The van der Waals surface area contributed by atoms with Crippen LogP contribution in [0.1, 0.15) is 24.5 Å².